The third-order valence-electron chi connectivity index (χ3n) is 4.04. The van der Waals surface area contributed by atoms with Crippen molar-refractivity contribution in [2.24, 2.45) is 5.73 Å². The third-order valence-corrected chi connectivity index (χ3v) is 4.95. The van der Waals surface area contributed by atoms with Crippen LogP contribution in [-0.2, 0) is 11.3 Å². The molecule has 2 N–H and O–H groups in total. The topological polar surface area (TPSA) is 61.5 Å². The summed E-state index contributed by atoms with van der Waals surface area (Å²) >= 11 is 1.37. The Bertz CT molecular complexity index is 887. The number of carbonyl (C=O) groups excluding carboxylic acids is 1. The Hall–Kier alpha value is -2.63. The lowest BCUT2D eigenvalue weighted by Gasteiger charge is -2.11. The van der Waals surface area contributed by atoms with Gasteiger partial charge in [-0.2, -0.15) is 0 Å². The van der Waals surface area contributed by atoms with Gasteiger partial charge in [0.25, 0.3) is 0 Å². The summed E-state index contributed by atoms with van der Waals surface area (Å²) in [5.74, 6) is 0.426. The molecular weight excluding hydrogens is 346 g/mol. The van der Waals surface area contributed by atoms with E-state index < -0.39 is 0 Å². The first kappa shape index (κ1) is 18.2. The van der Waals surface area contributed by atoms with Crippen molar-refractivity contribution >= 4 is 17.3 Å². The minimum absolute atomic E-state index is 0.0993. The van der Waals surface area contributed by atoms with Gasteiger partial charge in [-0.25, -0.2) is 4.79 Å². The molecule has 2 aromatic carbocycles. The van der Waals surface area contributed by atoms with Crippen LogP contribution in [0.4, 0.5) is 0 Å². The normalized spacial score (nSPS) is 11.8. The maximum absolute atomic E-state index is 12.3. The van der Waals surface area contributed by atoms with Crippen LogP contribution in [0.3, 0.4) is 0 Å². The number of hydrogen-bond donors (Lipinski definition) is 1. The van der Waals surface area contributed by atoms with Crippen molar-refractivity contribution in [3.63, 3.8) is 0 Å². The number of carbonyl (C=O) groups is 1. The molecule has 134 valence electrons. The highest BCUT2D eigenvalue weighted by molar-refractivity contribution is 7.12. The number of thiophene rings is 1. The molecule has 3 aromatic rings. The largest absolute Gasteiger partial charge is 0.497 e. The fraction of sp³-hybridized carbons (Fsp3) is 0.190. The van der Waals surface area contributed by atoms with Crippen LogP contribution < -0.4 is 10.5 Å². The van der Waals surface area contributed by atoms with Gasteiger partial charge in [-0.05, 0) is 58.8 Å². The smallest absolute Gasteiger partial charge is 0.348 e. The van der Waals surface area contributed by atoms with Crippen LogP contribution >= 0.6 is 11.3 Å². The van der Waals surface area contributed by atoms with E-state index in [4.69, 9.17) is 15.2 Å². The number of ether oxygens (including phenoxy) is 2. The lowest BCUT2D eigenvalue weighted by molar-refractivity contribution is 0.0478. The molecule has 0 aliphatic carbocycles. The molecule has 1 aromatic heterocycles. The van der Waals surface area contributed by atoms with Crippen molar-refractivity contribution in [2.75, 3.05) is 7.11 Å². The fourth-order valence-electron chi connectivity index (χ4n) is 2.56. The van der Waals surface area contributed by atoms with E-state index in [-0.39, 0.29) is 18.6 Å². The highest BCUT2D eigenvalue weighted by atomic mass is 32.1. The quantitative estimate of drug-likeness (QED) is 0.636. The average molecular weight is 367 g/mol. The van der Waals surface area contributed by atoms with E-state index in [1.807, 2.05) is 66.9 Å². The van der Waals surface area contributed by atoms with Crippen LogP contribution in [0, 0.1) is 0 Å². The first-order valence-electron chi connectivity index (χ1n) is 8.31. The summed E-state index contributed by atoms with van der Waals surface area (Å²) < 4.78 is 10.8. The SMILES string of the molecule is COc1cc(-c2csc(C(=O)OCc3ccccc3)c2)cc([C@@H](C)N)c1. The van der Waals surface area contributed by atoms with Gasteiger partial charge in [0.2, 0.25) is 0 Å². The molecule has 0 radical (unpaired) electrons. The van der Waals surface area contributed by atoms with E-state index >= 15 is 0 Å². The molecule has 0 unspecified atom stereocenters. The van der Waals surface area contributed by atoms with Crippen molar-refractivity contribution in [1.82, 2.24) is 0 Å². The van der Waals surface area contributed by atoms with Gasteiger partial charge < -0.3 is 15.2 Å². The standard InChI is InChI=1S/C21H21NO3S/c1-14(22)16-8-17(10-19(9-16)24-2)18-11-20(26-13-18)21(23)25-12-15-6-4-3-5-7-15/h3-11,13-14H,12,22H2,1-2H3/t14-/m1/s1. The van der Waals surface area contributed by atoms with Crippen LogP contribution in [0.25, 0.3) is 11.1 Å². The van der Waals surface area contributed by atoms with Gasteiger partial charge in [-0.3, -0.25) is 0 Å². The first-order valence-corrected chi connectivity index (χ1v) is 9.19. The van der Waals surface area contributed by atoms with Crippen LogP contribution in [0.15, 0.2) is 60.0 Å². The third kappa shape index (κ3) is 4.31. The summed E-state index contributed by atoms with van der Waals surface area (Å²) in [6.45, 7) is 2.19. The molecule has 4 nitrogen and oxygen atoms in total. The molecule has 0 saturated carbocycles. The minimum atomic E-state index is -0.319. The summed E-state index contributed by atoms with van der Waals surface area (Å²) in [6, 6.07) is 17.3. The van der Waals surface area contributed by atoms with Gasteiger partial charge in [0.1, 0.15) is 17.2 Å². The van der Waals surface area contributed by atoms with E-state index in [1.54, 1.807) is 7.11 Å². The number of nitrogens with two attached hydrogens (primary N) is 1. The van der Waals surface area contributed by atoms with Gasteiger partial charge in [0, 0.05) is 6.04 Å². The molecule has 0 spiro atoms. The van der Waals surface area contributed by atoms with Gasteiger partial charge in [-0.15, -0.1) is 11.3 Å². The molecular formula is C21H21NO3S. The highest BCUT2D eigenvalue weighted by Gasteiger charge is 2.13. The minimum Gasteiger partial charge on any atom is -0.497 e. The predicted molar refractivity (Wildman–Crippen MR) is 104 cm³/mol. The molecule has 1 heterocycles. The van der Waals surface area contributed by atoms with Crippen molar-refractivity contribution in [1.29, 1.82) is 0 Å². The number of benzene rings is 2. The van der Waals surface area contributed by atoms with Crippen LogP contribution in [0.1, 0.15) is 33.8 Å². The summed E-state index contributed by atoms with van der Waals surface area (Å²) in [5, 5.41) is 1.94. The Labute approximate surface area is 157 Å². The zero-order valence-corrected chi connectivity index (χ0v) is 15.6. The number of esters is 1. The van der Waals surface area contributed by atoms with E-state index in [2.05, 4.69) is 0 Å². The lowest BCUT2D eigenvalue weighted by Crippen LogP contribution is -2.05. The Morgan fingerprint density at radius 2 is 1.88 bits per heavy atom. The van der Waals surface area contributed by atoms with Crippen molar-refractivity contribution in [3.8, 4) is 16.9 Å². The maximum atomic E-state index is 12.3. The molecule has 0 amide bonds. The molecule has 0 fully saturated rings. The molecule has 3 rings (SSSR count). The lowest BCUT2D eigenvalue weighted by atomic mass is 10.0. The average Bonchev–Trinajstić information content (AvgIpc) is 3.17. The predicted octanol–water partition coefficient (Wildman–Crippen LogP) is 4.80. The molecule has 0 bridgehead atoms. The molecule has 0 aliphatic heterocycles. The maximum Gasteiger partial charge on any atom is 0.348 e. The second-order valence-electron chi connectivity index (χ2n) is 6.04. The molecule has 5 heteroatoms. The van der Waals surface area contributed by atoms with Gasteiger partial charge in [0.15, 0.2) is 0 Å². The van der Waals surface area contributed by atoms with Gasteiger partial charge in [0.05, 0.1) is 7.11 Å². The second kappa shape index (κ2) is 8.17. The van der Waals surface area contributed by atoms with Crippen LogP contribution in [0.5, 0.6) is 5.75 Å². The highest BCUT2D eigenvalue weighted by Crippen LogP contribution is 2.31. The van der Waals surface area contributed by atoms with Crippen LogP contribution in [-0.4, -0.2) is 13.1 Å². The van der Waals surface area contributed by atoms with Gasteiger partial charge in [-0.1, -0.05) is 30.3 Å². The van der Waals surface area contributed by atoms with E-state index in [0.29, 0.717) is 4.88 Å². The van der Waals surface area contributed by atoms with E-state index in [0.717, 1.165) is 28.0 Å². The Balaban J connectivity index is 1.77. The zero-order valence-electron chi connectivity index (χ0n) is 14.8. The Morgan fingerprint density at radius 1 is 1.12 bits per heavy atom. The summed E-state index contributed by atoms with van der Waals surface area (Å²) in [6.07, 6.45) is 0. The monoisotopic (exact) mass is 367 g/mol. The Kier molecular flexibility index (Phi) is 5.71. The number of hydrogen-bond acceptors (Lipinski definition) is 5. The Morgan fingerprint density at radius 3 is 2.58 bits per heavy atom. The van der Waals surface area contributed by atoms with Gasteiger partial charge >= 0.3 is 5.97 Å². The number of methoxy groups -OCH3 is 1. The van der Waals surface area contributed by atoms with Crippen molar-refractivity contribution < 1.29 is 14.3 Å². The fourth-order valence-corrected chi connectivity index (χ4v) is 3.37. The molecule has 0 saturated heterocycles. The summed E-state index contributed by atoms with van der Waals surface area (Å²) in [7, 11) is 1.63. The van der Waals surface area contributed by atoms with Crippen molar-refractivity contribution in [2.45, 2.75) is 19.6 Å². The molecule has 26 heavy (non-hydrogen) atoms. The molecule has 0 aliphatic rings. The summed E-state index contributed by atoms with van der Waals surface area (Å²) in [5.41, 5.74) is 9.87. The number of rotatable bonds is 6. The second-order valence-corrected chi connectivity index (χ2v) is 6.96. The summed E-state index contributed by atoms with van der Waals surface area (Å²) in [4.78, 5) is 12.9. The first-order chi connectivity index (χ1) is 12.6. The van der Waals surface area contributed by atoms with Crippen molar-refractivity contribution in [3.05, 3.63) is 76.0 Å². The molecule has 1 atom stereocenters. The zero-order chi connectivity index (χ0) is 18.5. The van der Waals surface area contributed by atoms with E-state index in [9.17, 15) is 4.79 Å². The van der Waals surface area contributed by atoms with Crippen LogP contribution in [0.2, 0.25) is 0 Å². The van der Waals surface area contributed by atoms with E-state index in [1.165, 1.54) is 11.3 Å².